The molecule has 0 fully saturated rings. The fraction of sp³-hybridized carbons (Fsp3) is 0.133. The summed E-state index contributed by atoms with van der Waals surface area (Å²) in [7, 11) is 1.56. The van der Waals surface area contributed by atoms with Gasteiger partial charge >= 0.3 is 0 Å². The molecular formula is C15H12BrFO2. The molecule has 98 valence electrons. The highest BCUT2D eigenvalue weighted by Crippen LogP contribution is 2.21. The van der Waals surface area contributed by atoms with Crippen LogP contribution >= 0.6 is 15.9 Å². The van der Waals surface area contributed by atoms with Gasteiger partial charge in [-0.1, -0.05) is 34.1 Å². The lowest BCUT2D eigenvalue weighted by atomic mass is 10.0. The average Bonchev–Trinajstić information content (AvgIpc) is 2.42. The minimum atomic E-state index is -0.329. The summed E-state index contributed by atoms with van der Waals surface area (Å²) in [6, 6.07) is 11.3. The maximum Gasteiger partial charge on any atom is 0.167 e. The number of hydrogen-bond acceptors (Lipinski definition) is 2. The molecule has 0 unspecified atom stereocenters. The van der Waals surface area contributed by atoms with Crippen LogP contribution in [0.2, 0.25) is 0 Å². The molecule has 0 atom stereocenters. The van der Waals surface area contributed by atoms with E-state index in [1.807, 2.05) is 0 Å². The largest absolute Gasteiger partial charge is 0.497 e. The van der Waals surface area contributed by atoms with Gasteiger partial charge in [0.15, 0.2) is 5.78 Å². The van der Waals surface area contributed by atoms with Gasteiger partial charge in [-0.15, -0.1) is 0 Å². The van der Waals surface area contributed by atoms with Gasteiger partial charge in [-0.3, -0.25) is 4.79 Å². The van der Waals surface area contributed by atoms with Crippen LogP contribution in [0.5, 0.6) is 5.75 Å². The Morgan fingerprint density at radius 1 is 1.26 bits per heavy atom. The Labute approximate surface area is 119 Å². The van der Waals surface area contributed by atoms with Gasteiger partial charge < -0.3 is 4.74 Å². The number of ether oxygens (including phenoxy) is 1. The van der Waals surface area contributed by atoms with Crippen molar-refractivity contribution in [3.8, 4) is 5.75 Å². The van der Waals surface area contributed by atoms with E-state index < -0.39 is 0 Å². The Morgan fingerprint density at radius 3 is 2.74 bits per heavy atom. The number of carbonyl (C=O) groups is 1. The second-order valence-corrected chi connectivity index (χ2v) is 4.92. The Bertz CT molecular complexity index is 611. The molecule has 2 aromatic carbocycles. The summed E-state index contributed by atoms with van der Waals surface area (Å²) >= 11 is 3.26. The third-order valence-electron chi connectivity index (χ3n) is 2.76. The van der Waals surface area contributed by atoms with Crippen molar-refractivity contribution in [1.29, 1.82) is 0 Å². The van der Waals surface area contributed by atoms with E-state index in [4.69, 9.17) is 4.74 Å². The summed E-state index contributed by atoms with van der Waals surface area (Å²) in [4.78, 5) is 12.1. The summed E-state index contributed by atoms with van der Waals surface area (Å²) in [6.07, 6.45) is 0.216. The molecule has 0 radical (unpaired) electrons. The minimum Gasteiger partial charge on any atom is -0.497 e. The van der Waals surface area contributed by atoms with Crippen LogP contribution in [0.1, 0.15) is 15.9 Å². The SMILES string of the molecule is COc1cccc(C(=O)Cc2ccc(F)cc2Br)c1. The molecule has 0 aromatic heterocycles. The number of benzene rings is 2. The van der Waals surface area contributed by atoms with Crippen LogP contribution in [0.25, 0.3) is 0 Å². The van der Waals surface area contributed by atoms with Crippen molar-refractivity contribution < 1.29 is 13.9 Å². The standard InChI is InChI=1S/C15H12BrFO2/c1-19-13-4-2-3-11(7-13)15(18)8-10-5-6-12(17)9-14(10)16/h2-7,9H,8H2,1H3. The van der Waals surface area contributed by atoms with E-state index >= 15 is 0 Å². The first-order valence-corrected chi connectivity index (χ1v) is 6.50. The molecule has 0 heterocycles. The fourth-order valence-electron chi connectivity index (χ4n) is 1.74. The van der Waals surface area contributed by atoms with Crippen LogP contribution in [0.15, 0.2) is 46.9 Å². The van der Waals surface area contributed by atoms with Gasteiger partial charge in [0, 0.05) is 16.5 Å². The zero-order valence-corrected chi connectivity index (χ0v) is 11.9. The zero-order valence-electron chi connectivity index (χ0n) is 10.3. The minimum absolute atomic E-state index is 0.0359. The number of rotatable bonds is 4. The van der Waals surface area contributed by atoms with Gasteiger partial charge in [-0.25, -0.2) is 4.39 Å². The molecule has 2 rings (SSSR count). The number of methoxy groups -OCH3 is 1. The highest BCUT2D eigenvalue weighted by atomic mass is 79.9. The molecule has 0 saturated carbocycles. The smallest absolute Gasteiger partial charge is 0.167 e. The van der Waals surface area contributed by atoms with Gasteiger partial charge in [0.05, 0.1) is 7.11 Å². The van der Waals surface area contributed by atoms with Crippen molar-refractivity contribution in [2.45, 2.75) is 6.42 Å². The molecular weight excluding hydrogens is 311 g/mol. The first kappa shape index (κ1) is 13.7. The summed E-state index contributed by atoms with van der Waals surface area (Å²) < 4.78 is 18.7. The van der Waals surface area contributed by atoms with Crippen LogP contribution in [0.4, 0.5) is 4.39 Å². The normalized spacial score (nSPS) is 10.3. The highest BCUT2D eigenvalue weighted by molar-refractivity contribution is 9.10. The van der Waals surface area contributed by atoms with E-state index in [2.05, 4.69) is 15.9 Å². The zero-order chi connectivity index (χ0) is 13.8. The number of carbonyl (C=O) groups excluding carboxylic acids is 1. The Balaban J connectivity index is 2.20. The molecule has 0 saturated heterocycles. The van der Waals surface area contributed by atoms with Crippen molar-refractivity contribution in [2.24, 2.45) is 0 Å². The van der Waals surface area contributed by atoms with Crippen molar-refractivity contribution in [1.82, 2.24) is 0 Å². The topological polar surface area (TPSA) is 26.3 Å². The first-order valence-electron chi connectivity index (χ1n) is 5.71. The summed E-state index contributed by atoms with van der Waals surface area (Å²) in [5.74, 6) is 0.277. The molecule has 0 aliphatic carbocycles. The molecule has 2 aromatic rings. The summed E-state index contributed by atoms with van der Waals surface area (Å²) in [5.41, 5.74) is 1.34. The maximum absolute atomic E-state index is 13.0. The van der Waals surface area contributed by atoms with E-state index in [1.54, 1.807) is 37.4 Å². The monoisotopic (exact) mass is 322 g/mol. The lowest BCUT2D eigenvalue weighted by Crippen LogP contribution is -2.04. The van der Waals surface area contributed by atoms with E-state index in [0.717, 1.165) is 5.56 Å². The maximum atomic E-state index is 13.0. The number of ketones is 1. The molecule has 0 spiro atoms. The van der Waals surface area contributed by atoms with Gasteiger partial charge in [0.1, 0.15) is 11.6 Å². The molecule has 0 aliphatic rings. The van der Waals surface area contributed by atoms with Crippen LogP contribution in [0, 0.1) is 5.82 Å². The number of halogens is 2. The lowest BCUT2D eigenvalue weighted by molar-refractivity contribution is 0.0992. The second-order valence-electron chi connectivity index (χ2n) is 4.07. The predicted octanol–water partition coefficient (Wildman–Crippen LogP) is 4.02. The fourth-order valence-corrected chi connectivity index (χ4v) is 2.23. The third kappa shape index (κ3) is 3.41. The van der Waals surface area contributed by atoms with Crippen LogP contribution in [-0.4, -0.2) is 12.9 Å². The molecule has 0 aliphatic heterocycles. The van der Waals surface area contributed by atoms with Crippen LogP contribution in [0.3, 0.4) is 0 Å². The van der Waals surface area contributed by atoms with Crippen LogP contribution in [-0.2, 0) is 6.42 Å². The highest BCUT2D eigenvalue weighted by Gasteiger charge is 2.10. The number of hydrogen-bond donors (Lipinski definition) is 0. The lowest BCUT2D eigenvalue weighted by Gasteiger charge is -2.06. The van der Waals surface area contributed by atoms with Gasteiger partial charge in [0.25, 0.3) is 0 Å². The predicted molar refractivity (Wildman–Crippen MR) is 75.1 cm³/mol. The molecule has 0 bridgehead atoms. The van der Waals surface area contributed by atoms with E-state index in [-0.39, 0.29) is 18.0 Å². The van der Waals surface area contributed by atoms with E-state index in [1.165, 1.54) is 12.1 Å². The first-order chi connectivity index (χ1) is 9.10. The van der Waals surface area contributed by atoms with Gasteiger partial charge in [-0.05, 0) is 29.8 Å². The Morgan fingerprint density at radius 2 is 2.05 bits per heavy atom. The third-order valence-corrected chi connectivity index (χ3v) is 3.50. The van der Waals surface area contributed by atoms with Crippen molar-refractivity contribution >= 4 is 21.7 Å². The van der Waals surface area contributed by atoms with E-state index in [9.17, 15) is 9.18 Å². The molecule has 4 heteroatoms. The quantitative estimate of drug-likeness (QED) is 0.795. The van der Waals surface area contributed by atoms with Gasteiger partial charge in [0.2, 0.25) is 0 Å². The molecule has 0 N–H and O–H groups in total. The molecule has 0 amide bonds. The van der Waals surface area contributed by atoms with Crippen molar-refractivity contribution in [3.05, 3.63) is 63.9 Å². The molecule has 2 nitrogen and oxygen atoms in total. The summed E-state index contributed by atoms with van der Waals surface area (Å²) in [5, 5.41) is 0. The van der Waals surface area contributed by atoms with E-state index in [0.29, 0.717) is 15.8 Å². The van der Waals surface area contributed by atoms with Crippen molar-refractivity contribution in [3.63, 3.8) is 0 Å². The Kier molecular flexibility index (Phi) is 4.32. The van der Waals surface area contributed by atoms with Gasteiger partial charge in [-0.2, -0.15) is 0 Å². The van der Waals surface area contributed by atoms with Crippen LogP contribution < -0.4 is 4.74 Å². The summed E-state index contributed by atoms with van der Waals surface area (Å²) in [6.45, 7) is 0. The average molecular weight is 323 g/mol. The van der Waals surface area contributed by atoms with Crippen molar-refractivity contribution in [2.75, 3.05) is 7.11 Å². The number of Topliss-reactive ketones (excluding diaryl/α,β-unsaturated/α-hetero) is 1. The molecule has 19 heavy (non-hydrogen) atoms. The Hall–Kier alpha value is -1.68. The second kappa shape index (κ2) is 5.97.